The van der Waals surface area contributed by atoms with Gasteiger partial charge >= 0.3 is 11.9 Å². The molecule has 0 N–H and O–H groups in total. The van der Waals surface area contributed by atoms with Gasteiger partial charge in [0.15, 0.2) is 6.10 Å². The second kappa shape index (κ2) is 13.6. The second-order valence-corrected chi connectivity index (χ2v) is 8.49. The van der Waals surface area contributed by atoms with Crippen LogP contribution >= 0.6 is 0 Å². The van der Waals surface area contributed by atoms with Gasteiger partial charge in [0.25, 0.3) is 0 Å². The zero-order chi connectivity index (χ0) is 25.8. The summed E-state index contributed by atoms with van der Waals surface area (Å²) in [5.41, 5.74) is 9.43. The zero-order valence-corrected chi connectivity index (χ0v) is 20.4. The molecule has 0 radical (unpaired) electrons. The van der Waals surface area contributed by atoms with E-state index in [-0.39, 0.29) is 19.8 Å². The fourth-order valence-corrected chi connectivity index (χ4v) is 4.18. The predicted molar refractivity (Wildman–Crippen MR) is 129 cm³/mol. The minimum Gasteiger partial charge on any atom is -0.453 e. The monoisotopic (exact) mass is 497 g/mol. The molecule has 10 nitrogen and oxygen atoms in total. The molecule has 1 fully saturated rings. The highest BCUT2D eigenvalue weighted by Crippen LogP contribution is 2.40. The Morgan fingerprint density at radius 2 is 1.58 bits per heavy atom. The van der Waals surface area contributed by atoms with E-state index < -0.39 is 36.0 Å². The molecule has 0 spiro atoms. The normalized spacial score (nSPS) is 23.0. The highest BCUT2D eigenvalue weighted by molar-refractivity contribution is 5.67. The molecule has 4 atom stereocenters. The fourth-order valence-electron chi connectivity index (χ4n) is 4.18. The SMILES string of the molecule is CC(=O)OC1O[C@](CCCN=[N+]=[N-])(COCc2ccccc2)[C@@H](OCc2ccccc2)[C@H]1OC(C)=O. The number of benzene rings is 2. The molecule has 2 aromatic rings. The Labute approximate surface area is 210 Å². The van der Waals surface area contributed by atoms with E-state index in [0.717, 1.165) is 11.1 Å². The van der Waals surface area contributed by atoms with Gasteiger partial charge in [-0.25, -0.2) is 0 Å². The minimum atomic E-state index is -1.19. The smallest absolute Gasteiger partial charge is 0.305 e. The Hall–Kier alpha value is -3.43. The van der Waals surface area contributed by atoms with Gasteiger partial charge in [0, 0.05) is 25.3 Å². The lowest BCUT2D eigenvalue weighted by atomic mass is 9.90. The van der Waals surface area contributed by atoms with Gasteiger partial charge in [-0.2, -0.15) is 0 Å². The molecule has 1 unspecified atom stereocenters. The predicted octanol–water partition coefficient (Wildman–Crippen LogP) is 4.47. The van der Waals surface area contributed by atoms with Gasteiger partial charge < -0.3 is 23.7 Å². The van der Waals surface area contributed by atoms with Crippen LogP contribution in [0.4, 0.5) is 0 Å². The van der Waals surface area contributed by atoms with Crippen LogP contribution in [-0.2, 0) is 46.5 Å². The van der Waals surface area contributed by atoms with Crippen molar-refractivity contribution < 1.29 is 33.3 Å². The third-order valence-corrected chi connectivity index (χ3v) is 5.67. The molecule has 0 aliphatic carbocycles. The largest absolute Gasteiger partial charge is 0.453 e. The maximum absolute atomic E-state index is 12.0. The van der Waals surface area contributed by atoms with E-state index in [2.05, 4.69) is 10.0 Å². The summed E-state index contributed by atoms with van der Waals surface area (Å²) < 4.78 is 29.6. The molecule has 0 bridgehead atoms. The lowest BCUT2D eigenvalue weighted by molar-refractivity contribution is -0.213. The van der Waals surface area contributed by atoms with Crippen molar-refractivity contribution in [3.63, 3.8) is 0 Å². The van der Waals surface area contributed by atoms with Crippen molar-refractivity contribution in [3.8, 4) is 0 Å². The number of rotatable bonds is 13. The molecular weight excluding hydrogens is 466 g/mol. The summed E-state index contributed by atoms with van der Waals surface area (Å²) in [6.07, 6.45) is -2.24. The first kappa shape index (κ1) is 27.2. The Kier molecular flexibility index (Phi) is 10.3. The van der Waals surface area contributed by atoms with Gasteiger partial charge in [0.05, 0.1) is 19.8 Å². The van der Waals surface area contributed by atoms with Crippen molar-refractivity contribution in [1.29, 1.82) is 0 Å². The van der Waals surface area contributed by atoms with Crippen LogP contribution in [-0.4, -0.2) is 49.2 Å². The third-order valence-electron chi connectivity index (χ3n) is 5.67. The van der Waals surface area contributed by atoms with E-state index in [1.165, 1.54) is 13.8 Å². The molecule has 192 valence electrons. The van der Waals surface area contributed by atoms with Crippen LogP contribution < -0.4 is 0 Å². The van der Waals surface area contributed by atoms with Gasteiger partial charge in [-0.15, -0.1) is 0 Å². The van der Waals surface area contributed by atoms with Crippen molar-refractivity contribution >= 4 is 11.9 Å². The number of nitrogens with zero attached hydrogens (tertiary/aromatic N) is 3. The summed E-state index contributed by atoms with van der Waals surface area (Å²) in [6, 6.07) is 19.1. The van der Waals surface area contributed by atoms with Crippen LogP contribution in [0.3, 0.4) is 0 Å². The molecule has 0 amide bonds. The third kappa shape index (κ3) is 7.79. The van der Waals surface area contributed by atoms with Gasteiger partial charge in [0.1, 0.15) is 11.7 Å². The van der Waals surface area contributed by atoms with Crippen molar-refractivity contribution in [2.75, 3.05) is 13.2 Å². The molecule has 0 saturated carbocycles. The van der Waals surface area contributed by atoms with Crippen LogP contribution in [0.2, 0.25) is 0 Å². The van der Waals surface area contributed by atoms with Crippen molar-refractivity contribution in [2.45, 2.75) is 64.0 Å². The van der Waals surface area contributed by atoms with Crippen molar-refractivity contribution in [2.24, 2.45) is 5.11 Å². The molecule has 1 aliphatic rings. The van der Waals surface area contributed by atoms with E-state index in [0.29, 0.717) is 19.4 Å². The van der Waals surface area contributed by atoms with Crippen LogP contribution in [0.25, 0.3) is 10.4 Å². The molecular formula is C26H31N3O7. The van der Waals surface area contributed by atoms with E-state index in [1.807, 2.05) is 60.7 Å². The van der Waals surface area contributed by atoms with Crippen molar-refractivity contribution in [1.82, 2.24) is 0 Å². The first-order valence-electron chi connectivity index (χ1n) is 11.7. The summed E-state index contributed by atoms with van der Waals surface area (Å²) in [7, 11) is 0. The average molecular weight is 498 g/mol. The van der Waals surface area contributed by atoms with Gasteiger partial charge in [-0.3, -0.25) is 9.59 Å². The van der Waals surface area contributed by atoms with Gasteiger partial charge in [-0.1, -0.05) is 65.8 Å². The first-order valence-corrected chi connectivity index (χ1v) is 11.7. The number of carbonyl (C=O) groups is 2. The Morgan fingerprint density at radius 3 is 2.17 bits per heavy atom. The molecule has 10 heteroatoms. The molecule has 3 rings (SSSR count). The highest BCUT2D eigenvalue weighted by atomic mass is 16.8. The summed E-state index contributed by atoms with van der Waals surface area (Å²) in [5, 5.41) is 3.62. The summed E-state index contributed by atoms with van der Waals surface area (Å²) in [4.78, 5) is 26.7. The number of hydrogen-bond donors (Lipinski definition) is 0. The molecule has 2 aromatic carbocycles. The Morgan fingerprint density at radius 1 is 0.972 bits per heavy atom. The maximum atomic E-state index is 12.0. The maximum Gasteiger partial charge on any atom is 0.305 e. The summed E-state index contributed by atoms with van der Waals surface area (Å²) in [5.74, 6) is -1.15. The van der Waals surface area contributed by atoms with Gasteiger partial charge in [0.2, 0.25) is 6.29 Å². The number of esters is 2. The van der Waals surface area contributed by atoms with E-state index in [4.69, 9.17) is 29.2 Å². The topological polar surface area (TPSA) is 129 Å². The number of azide groups is 1. The number of ether oxygens (including phenoxy) is 5. The highest BCUT2D eigenvalue weighted by Gasteiger charge is 2.59. The zero-order valence-electron chi connectivity index (χ0n) is 20.4. The lowest BCUT2D eigenvalue weighted by Gasteiger charge is -2.34. The fraction of sp³-hybridized carbons (Fsp3) is 0.462. The van der Waals surface area contributed by atoms with Crippen LogP contribution in [0.5, 0.6) is 0 Å². The van der Waals surface area contributed by atoms with E-state index in [1.54, 1.807) is 0 Å². The van der Waals surface area contributed by atoms with Crippen LogP contribution in [0, 0.1) is 0 Å². The van der Waals surface area contributed by atoms with Crippen LogP contribution in [0.1, 0.15) is 37.8 Å². The average Bonchev–Trinajstić information content (AvgIpc) is 3.12. The molecule has 1 heterocycles. The Balaban J connectivity index is 1.90. The van der Waals surface area contributed by atoms with E-state index >= 15 is 0 Å². The molecule has 1 aliphatic heterocycles. The number of carbonyl (C=O) groups excluding carboxylic acids is 2. The first-order chi connectivity index (χ1) is 17.4. The van der Waals surface area contributed by atoms with Crippen LogP contribution in [0.15, 0.2) is 65.8 Å². The standard InChI is InChI=1S/C26H31N3O7/c1-19(30)34-23-24(33-17-22-12-7-4-8-13-22)26(14-9-15-28-29-27,36-25(23)35-20(2)31)18-32-16-21-10-5-3-6-11-21/h3-8,10-13,23-25H,9,14-18H2,1-2H3/t23-,24+,25?,26-/m1/s1. The number of hydrogen-bond acceptors (Lipinski definition) is 8. The molecule has 1 saturated heterocycles. The van der Waals surface area contributed by atoms with E-state index in [9.17, 15) is 9.59 Å². The lowest BCUT2D eigenvalue weighted by Crippen LogP contribution is -2.49. The summed E-state index contributed by atoms with van der Waals surface area (Å²) >= 11 is 0. The molecule has 36 heavy (non-hydrogen) atoms. The second-order valence-electron chi connectivity index (χ2n) is 8.49. The van der Waals surface area contributed by atoms with Gasteiger partial charge in [-0.05, 0) is 29.5 Å². The minimum absolute atomic E-state index is 0.0626. The quantitative estimate of drug-likeness (QED) is 0.131. The summed E-state index contributed by atoms with van der Waals surface area (Å²) in [6.45, 7) is 3.32. The van der Waals surface area contributed by atoms with Crippen molar-refractivity contribution in [3.05, 3.63) is 82.2 Å². The Bertz CT molecular complexity index is 1030. The molecule has 0 aromatic heterocycles.